The van der Waals surface area contributed by atoms with Crippen molar-refractivity contribution in [3.8, 4) is 5.75 Å². The molecule has 0 spiro atoms. The predicted molar refractivity (Wildman–Crippen MR) is 89.0 cm³/mol. The van der Waals surface area contributed by atoms with Crippen LogP contribution in [0.3, 0.4) is 0 Å². The molecule has 0 fully saturated rings. The lowest BCUT2D eigenvalue weighted by atomic mass is 10.1. The van der Waals surface area contributed by atoms with E-state index in [9.17, 15) is 9.59 Å². The van der Waals surface area contributed by atoms with Gasteiger partial charge in [0.05, 0.1) is 12.2 Å². The van der Waals surface area contributed by atoms with Crippen LogP contribution in [0.4, 0.5) is 11.4 Å². The summed E-state index contributed by atoms with van der Waals surface area (Å²) in [6.07, 6.45) is -0.784. The summed E-state index contributed by atoms with van der Waals surface area (Å²) in [6, 6.07) is 14.0. The predicted octanol–water partition coefficient (Wildman–Crippen LogP) is 3.09. The summed E-state index contributed by atoms with van der Waals surface area (Å²) < 4.78 is 5.74. The third kappa shape index (κ3) is 3.29. The van der Waals surface area contributed by atoms with E-state index in [0.29, 0.717) is 22.1 Å². The van der Waals surface area contributed by atoms with Crippen LogP contribution in [0.15, 0.2) is 48.5 Å². The number of nitrogens with one attached hydrogen (secondary N) is 1. The molecule has 0 aliphatic carbocycles. The number of anilines is 2. The second kappa shape index (κ2) is 6.30. The molecule has 2 aromatic carbocycles. The average Bonchev–Trinajstić information content (AvgIpc) is 2.53. The van der Waals surface area contributed by atoms with Crippen molar-refractivity contribution in [3.63, 3.8) is 0 Å². The fourth-order valence-electron chi connectivity index (χ4n) is 2.46. The number of amides is 2. The fraction of sp³-hybridized carbons (Fsp3) is 0.176. The first-order chi connectivity index (χ1) is 11.0. The van der Waals surface area contributed by atoms with Crippen LogP contribution in [-0.4, -0.2) is 24.5 Å². The minimum atomic E-state index is -0.784. The van der Waals surface area contributed by atoms with Crippen molar-refractivity contribution in [2.75, 3.05) is 16.8 Å². The summed E-state index contributed by atoms with van der Waals surface area (Å²) in [5.41, 5.74) is 1.26. The van der Waals surface area contributed by atoms with Crippen LogP contribution in [0.1, 0.15) is 6.92 Å². The Labute approximate surface area is 138 Å². The summed E-state index contributed by atoms with van der Waals surface area (Å²) >= 11 is 5.91. The number of hydrogen-bond donors (Lipinski definition) is 1. The van der Waals surface area contributed by atoms with E-state index in [1.807, 2.05) is 6.07 Å². The molecule has 1 unspecified atom stereocenters. The van der Waals surface area contributed by atoms with E-state index in [2.05, 4.69) is 5.32 Å². The van der Waals surface area contributed by atoms with E-state index in [4.69, 9.17) is 16.3 Å². The lowest BCUT2D eigenvalue weighted by Crippen LogP contribution is -2.48. The van der Waals surface area contributed by atoms with Crippen molar-refractivity contribution in [2.24, 2.45) is 0 Å². The van der Waals surface area contributed by atoms with Crippen LogP contribution in [0.5, 0.6) is 5.75 Å². The van der Waals surface area contributed by atoms with Crippen molar-refractivity contribution >= 4 is 34.8 Å². The van der Waals surface area contributed by atoms with Gasteiger partial charge in [-0.2, -0.15) is 0 Å². The van der Waals surface area contributed by atoms with E-state index in [1.165, 1.54) is 6.92 Å². The number of carbonyl (C=O) groups excluding carboxylic acids is 2. The summed E-state index contributed by atoms with van der Waals surface area (Å²) in [4.78, 5) is 25.8. The SMILES string of the molecule is CC(=O)N1CC(C(=O)Nc2cccc(Cl)c2)Oc2ccccc21. The molecule has 2 aromatic rings. The van der Waals surface area contributed by atoms with Crippen LogP contribution >= 0.6 is 11.6 Å². The van der Waals surface area contributed by atoms with E-state index >= 15 is 0 Å². The van der Waals surface area contributed by atoms with E-state index in [1.54, 1.807) is 47.4 Å². The highest BCUT2D eigenvalue weighted by molar-refractivity contribution is 6.30. The summed E-state index contributed by atoms with van der Waals surface area (Å²) in [5.74, 6) is 0.0505. The molecule has 0 radical (unpaired) electrons. The number of fused-ring (bicyclic) bond motifs is 1. The number of rotatable bonds is 2. The minimum absolute atomic E-state index is 0.138. The monoisotopic (exact) mass is 330 g/mol. The highest BCUT2D eigenvalue weighted by Crippen LogP contribution is 2.33. The molecular formula is C17H15ClN2O3. The van der Waals surface area contributed by atoms with Gasteiger partial charge < -0.3 is 15.0 Å². The first-order valence-corrected chi connectivity index (χ1v) is 7.52. The molecule has 1 aliphatic rings. The molecule has 0 bridgehead atoms. The van der Waals surface area contributed by atoms with Crippen LogP contribution < -0.4 is 15.0 Å². The van der Waals surface area contributed by atoms with Crippen LogP contribution in [0, 0.1) is 0 Å². The number of carbonyl (C=O) groups is 2. The van der Waals surface area contributed by atoms with E-state index < -0.39 is 6.10 Å². The van der Waals surface area contributed by atoms with Crippen molar-refractivity contribution in [2.45, 2.75) is 13.0 Å². The van der Waals surface area contributed by atoms with Crippen molar-refractivity contribution in [3.05, 3.63) is 53.6 Å². The Kier molecular flexibility index (Phi) is 4.21. The fourth-order valence-corrected chi connectivity index (χ4v) is 2.65. The average molecular weight is 331 g/mol. The van der Waals surface area contributed by atoms with Gasteiger partial charge in [-0.05, 0) is 30.3 Å². The smallest absolute Gasteiger partial charge is 0.267 e. The largest absolute Gasteiger partial charge is 0.476 e. The topological polar surface area (TPSA) is 58.6 Å². The summed E-state index contributed by atoms with van der Waals surface area (Å²) in [5, 5.41) is 3.29. The highest BCUT2D eigenvalue weighted by atomic mass is 35.5. The molecule has 3 rings (SSSR count). The lowest BCUT2D eigenvalue weighted by molar-refractivity contribution is -0.123. The Hall–Kier alpha value is -2.53. The van der Waals surface area contributed by atoms with Gasteiger partial charge in [-0.25, -0.2) is 0 Å². The maximum Gasteiger partial charge on any atom is 0.267 e. The first kappa shape index (κ1) is 15.4. The molecule has 1 aliphatic heterocycles. The summed E-state index contributed by atoms with van der Waals surface area (Å²) in [6.45, 7) is 1.63. The van der Waals surface area contributed by atoms with Crippen LogP contribution in [-0.2, 0) is 9.59 Å². The zero-order valence-electron chi connectivity index (χ0n) is 12.5. The Morgan fingerprint density at radius 3 is 2.74 bits per heavy atom. The normalized spacial score (nSPS) is 16.3. The Morgan fingerprint density at radius 1 is 1.22 bits per heavy atom. The molecule has 1 heterocycles. The molecule has 0 saturated heterocycles. The van der Waals surface area contributed by atoms with Crippen LogP contribution in [0.25, 0.3) is 0 Å². The first-order valence-electron chi connectivity index (χ1n) is 7.15. The summed E-state index contributed by atoms with van der Waals surface area (Å²) in [7, 11) is 0. The van der Waals surface area contributed by atoms with E-state index in [0.717, 1.165) is 0 Å². The Balaban J connectivity index is 1.81. The third-order valence-electron chi connectivity index (χ3n) is 3.54. The molecule has 118 valence electrons. The second-order valence-electron chi connectivity index (χ2n) is 5.20. The van der Waals surface area contributed by atoms with Crippen molar-refractivity contribution < 1.29 is 14.3 Å². The number of ether oxygens (including phenoxy) is 1. The number of nitrogens with zero attached hydrogens (tertiary/aromatic N) is 1. The molecule has 2 amide bonds. The quantitative estimate of drug-likeness (QED) is 0.920. The van der Waals surface area contributed by atoms with Gasteiger partial charge in [0.25, 0.3) is 5.91 Å². The molecule has 6 heteroatoms. The number of benzene rings is 2. The standard InChI is InChI=1S/C17H15ClN2O3/c1-11(21)20-10-16(23-15-8-3-2-7-14(15)20)17(22)19-13-6-4-5-12(18)9-13/h2-9,16H,10H2,1H3,(H,19,22). The van der Waals surface area contributed by atoms with Crippen molar-refractivity contribution in [1.29, 1.82) is 0 Å². The number of hydrogen-bond acceptors (Lipinski definition) is 3. The molecule has 1 atom stereocenters. The molecule has 0 aromatic heterocycles. The van der Waals surface area contributed by atoms with Gasteiger partial charge in [0.15, 0.2) is 6.10 Å². The highest BCUT2D eigenvalue weighted by Gasteiger charge is 2.32. The minimum Gasteiger partial charge on any atom is -0.476 e. The van der Waals surface area contributed by atoms with Gasteiger partial charge in [-0.15, -0.1) is 0 Å². The van der Waals surface area contributed by atoms with Crippen LogP contribution in [0.2, 0.25) is 5.02 Å². The molecule has 0 saturated carbocycles. The Morgan fingerprint density at radius 2 is 2.00 bits per heavy atom. The second-order valence-corrected chi connectivity index (χ2v) is 5.64. The van der Waals surface area contributed by atoms with Gasteiger partial charge >= 0.3 is 0 Å². The van der Waals surface area contributed by atoms with Crippen molar-refractivity contribution in [1.82, 2.24) is 0 Å². The molecule has 5 nitrogen and oxygen atoms in total. The molecule has 1 N–H and O–H groups in total. The zero-order chi connectivity index (χ0) is 16.4. The zero-order valence-corrected chi connectivity index (χ0v) is 13.2. The lowest BCUT2D eigenvalue weighted by Gasteiger charge is -2.33. The Bertz CT molecular complexity index is 763. The van der Waals surface area contributed by atoms with Gasteiger partial charge in [0, 0.05) is 17.6 Å². The van der Waals surface area contributed by atoms with Gasteiger partial charge in [0.2, 0.25) is 5.91 Å². The molecular weight excluding hydrogens is 316 g/mol. The third-order valence-corrected chi connectivity index (χ3v) is 3.77. The maximum absolute atomic E-state index is 12.4. The maximum atomic E-state index is 12.4. The van der Waals surface area contributed by atoms with Gasteiger partial charge in [0.1, 0.15) is 5.75 Å². The number of para-hydroxylation sites is 2. The van der Waals surface area contributed by atoms with Gasteiger partial charge in [-0.1, -0.05) is 29.8 Å². The van der Waals surface area contributed by atoms with Gasteiger partial charge in [-0.3, -0.25) is 9.59 Å². The van der Waals surface area contributed by atoms with E-state index in [-0.39, 0.29) is 18.4 Å². The number of halogens is 1. The molecule has 23 heavy (non-hydrogen) atoms.